The number of hydrogen-bond acceptors (Lipinski definition) is 1. The highest BCUT2D eigenvalue weighted by molar-refractivity contribution is 5.93. The second-order valence-corrected chi connectivity index (χ2v) is 7.24. The molecule has 0 bridgehead atoms. The topological polar surface area (TPSA) is 20.2 Å². The van der Waals surface area contributed by atoms with Crippen LogP contribution in [0.15, 0.2) is 84.0 Å². The van der Waals surface area contributed by atoms with Gasteiger partial charge in [0, 0.05) is 11.5 Å². The summed E-state index contributed by atoms with van der Waals surface area (Å²) in [5.74, 6) is 0.359. The maximum atomic E-state index is 11.3. The Bertz CT molecular complexity index is 1020. The monoisotopic (exact) mass is 340 g/mol. The molecule has 3 aromatic carbocycles. The average molecular weight is 340 g/mol. The molecule has 0 spiro atoms. The highest BCUT2D eigenvalue weighted by atomic mass is 16.3. The first-order valence-electron chi connectivity index (χ1n) is 9.22. The third-order valence-electron chi connectivity index (χ3n) is 5.60. The molecule has 0 fully saturated rings. The van der Waals surface area contributed by atoms with Gasteiger partial charge in [0.2, 0.25) is 0 Å². The number of fused-ring (bicyclic) bond motifs is 1. The number of rotatable bonds is 3. The SMILES string of the molecule is CC1=CC(C)C(c2ccc3ccccc3c2C(O)c2ccccc2)=C1C. The van der Waals surface area contributed by atoms with Crippen molar-refractivity contribution in [2.45, 2.75) is 26.9 Å². The molecule has 4 rings (SSSR count). The minimum atomic E-state index is -0.647. The van der Waals surface area contributed by atoms with E-state index in [1.807, 2.05) is 30.3 Å². The highest BCUT2D eigenvalue weighted by Crippen LogP contribution is 2.43. The van der Waals surface area contributed by atoms with E-state index >= 15 is 0 Å². The van der Waals surface area contributed by atoms with Crippen molar-refractivity contribution in [3.63, 3.8) is 0 Å². The van der Waals surface area contributed by atoms with E-state index in [1.54, 1.807) is 0 Å². The molecular weight excluding hydrogens is 316 g/mol. The van der Waals surface area contributed by atoms with Crippen molar-refractivity contribution in [1.29, 1.82) is 0 Å². The molecule has 1 heteroatoms. The lowest BCUT2D eigenvalue weighted by Crippen LogP contribution is -2.07. The van der Waals surface area contributed by atoms with Crippen LogP contribution in [0.1, 0.15) is 43.6 Å². The molecule has 0 aliphatic heterocycles. The van der Waals surface area contributed by atoms with Crippen molar-refractivity contribution < 1.29 is 5.11 Å². The molecule has 26 heavy (non-hydrogen) atoms. The van der Waals surface area contributed by atoms with E-state index < -0.39 is 6.10 Å². The second kappa shape index (κ2) is 6.59. The van der Waals surface area contributed by atoms with Crippen LogP contribution in [0, 0.1) is 5.92 Å². The first-order chi connectivity index (χ1) is 12.6. The summed E-state index contributed by atoms with van der Waals surface area (Å²) >= 11 is 0. The van der Waals surface area contributed by atoms with Gasteiger partial charge in [-0.25, -0.2) is 0 Å². The maximum Gasteiger partial charge on any atom is 0.105 e. The van der Waals surface area contributed by atoms with Gasteiger partial charge in [-0.2, -0.15) is 0 Å². The summed E-state index contributed by atoms with van der Waals surface area (Å²) in [7, 11) is 0. The van der Waals surface area contributed by atoms with E-state index in [-0.39, 0.29) is 0 Å². The van der Waals surface area contributed by atoms with Crippen molar-refractivity contribution in [1.82, 2.24) is 0 Å². The second-order valence-electron chi connectivity index (χ2n) is 7.24. The van der Waals surface area contributed by atoms with Crippen LogP contribution in [0.4, 0.5) is 0 Å². The minimum Gasteiger partial charge on any atom is -0.384 e. The van der Waals surface area contributed by atoms with Crippen LogP contribution in [-0.2, 0) is 0 Å². The van der Waals surface area contributed by atoms with E-state index in [9.17, 15) is 5.11 Å². The van der Waals surface area contributed by atoms with Gasteiger partial charge in [0.15, 0.2) is 0 Å². The zero-order chi connectivity index (χ0) is 18.3. The Kier molecular flexibility index (Phi) is 4.26. The van der Waals surface area contributed by atoms with Crippen LogP contribution < -0.4 is 0 Å². The maximum absolute atomic E-state index is 11.3. The van der Waals surface area contributed by atoms with Crippen LogP contribution in [-0.4, -0.2) is 5.11 Å². The van der Waals surface area contributed by atoms with Crippen LogP contribution in [0.3, 0.4) is 0 Å². The smallest absolute Gasteiger partial charge is 0.105 e. The molecule has 0 radical (unpaired) electrons. The normalized spacial score (nSPS) is 18.3. The molecule has 0 saturated heterocycles. The first kappa shape index (κ1) is 16.8. The fourth-order valence-electron chi connectivity index (χ4n) is 4.21. The van der Waals surface area contributed by atoms with Crippen LogP contribution in [0.2, 0.25) is 0 Å². The summed E-state index contributed by atoms with van der Waals surface area (Å²) < 4.78 is 0. The number of hydrogen-bond donors (Lipinski definition) is 1. The summed E-state index contributed by atoms with van der Waals surface area (Å²) in [6, 6.07) is 22.6. The summed E-state index contributed by atoms with van der Waals surface area (Å²) in [5, 5.41) is 13.6. The zero-order valence-corrected chi connectivity index (χ0v) is 15.5. The van der Waals surface area contributed by atoms with E-state index in [0.717, 1.165) is 27.5 Å². The highest BCUT2D eigenvalue weighted by Gasteiger charge is 2.26. The van der Waals surface area contributed by atoms with Crippen molar-refractivity contribution in [2.24, 2.45) is 5.92 Å². The first-order valence-corrected chi connectivity index (χ1v) is 9.22. The summed E-state index contributed by atoms with van der Waals surface area (Å²) in [6.45, 7) is 6.61. The molecule has 1 nitrogen and oxygen atoms in total. The van der Waals surface area contributed by atoms with E-state index in [1.165, 1.54) is 16.7 Å². The van der Waals surface area contributed by atoms with Gasteiger partial charge in [-0.15, -0.1) is 0 Å². The molecule has 2 unspecified atom stereocenters. The summed E-state index contributed by atoms with van der Waals surface area (Å²) in [5.41, 5.74) is 7.10. The lowest BCUT2D eigenvalue weighted by molar-refractivity contribution is 0.221. The van der Waals surface area contributed by atoms with E-state index in [2.05, 4.69) is 63.2 Å². The van der Waals surface area contributed by atoms with Gasteiger partial charge in [0.05, 0.1) is 0 Å². The number of aliphatic hydroxyl groups is 1. The standard InChI is InChI=1S/C25H24O/c1-16-15-17(2)23(18(16)3)22-14-13-19-9-7-8-12-21(19)24(22)25(26)20-10-5-4-6-11-20/h4-15,17,25-26H,1-3H3. The van der Waals surface area contributed by atoms with Crippen molar-refractivity contribution in [3.05, 3.63) is 101 Å². The third kappa shape index (κ3) is 2.69. The Morgan fingerprint density at radius 3 is 2.23 bits per heavy atom. The Morgan fingerprint density at radius 2 is 1.54 bits per heavy atom. The molecule has 1 aliphatic rings. The lowest BCUT2D eigenvalue weighted by atomic mass is 9.84. The Hall–Kier alpha value is -2.64. The van der Waals surface area contributed by atoms with Crippen molar-refractivity contribution in [2.75, 3.05) is 0 Å². The largest absolute Gasteiger partial charge is 0.384 e. The van der Waals surface area contributed by atoms with Crippen molar-refractivity contribution >= 4 is 16.3 Å². The van der Waals surface area contributed by atoms with Gasteiger partial charge >= 0.3 is 0 Å². The predicted octanol–water partition coefficient (Wildman–Crippen LogP) is 6.29. The van der Waals surface area contributed by atoms with Gasteiger partial charge in [0.25, 0.3) is 0 Å². The lowest BCUT2D eigenvalue weighted by Gasteiger charge is -2.22. The van der Waals surface area contributed by atoms with Crippen molar-refractivity contribution in [3.8, 4) is 0 Å². The molecule has 1 N–H and O–H groups in total. The third-order valence-corrected chi connectivity index (χ3v) is 5.60. The molecule has 1 aliphatic carbocycles. The van der Waals surface area contributed by atoms with Gasteiger partial charge in [0.1, 0.15) is 6.10 Å². The number of benzene rings is 3. The van der Waals surface area contributed by atoms with Gasteiger partial charge in [-0.05, 0) is 46.9 Å². The van der Waals surface area contributed by atoms with Gasteiger partial charge in [-0.1, -0.05) is 85.3 Å². The molecule has 0 aromatic heterocycles. The molecule has 130 valence electrons. The Morgan fingerprint density at radius 1 is 0.846 bits per heavy atom. The summed E-state index contributed by atoms with van der Waals surface area (Å²) in [6.07, 6.45) is 1.67. The van der Waals surface area contributed by atoms with Gasteiger partial charge in [-0.3, -0.25) is 0 Å². The Balaban J connectivity index is 2.00. The molecule has 3 aromatic rings. The fraction of sp³-hybridized carbons (Fsp3) is 0.200. The zero-order valence-electron chi connectivity index (χ0n) is 15.5. The van der Waals surface area contributed by atoms with Gasteiger partial charge < -0.3 is 5.11 Å². The predicted molar refractivity (Wildman–Crippen MR) is 110 cm³/mol. The van der Waals surface area contributed by atoms with E-state index in [4.69, 9.17) is 0 Å². The molecule has 2 atom stereocenters. The fourth-order valence-corrected chi connectivity index (χ4v) is 4.21. The number of allylic oxidation sites excluding steroid dienone is 4. The molecule has 0 amide bonds. The molecule has 0 saturated carbocycles. The van der Waals surface area contributed by atoms with Crippen LogP contribution >= 0.6 is 0 Å². The molecular formula is C25H24O. The van der Waals surface area contributed by atoms with E-state index in [0.29, 0.717) is 5.92 Å². The minimum absolute atomic E-state index is 0.359. The summed E-state index contributed by atoms with van der Waals surface area (Å²) in [4.78, 5) is 0. The molecule has 0 heterocycles. The van der Waals surface area contributed by atoms with Crippen LogP contribution in [0.25, 0.3) is 16.3 Å². The average Bonchev–Trinajstić information content (AvgIpc) is 2.93. The Labute approximate surface area is 155 Å². The van der Waals surface area contributed by atoms with Crippen LogP contribution in [0.5, 0.6) is 0 Å². The quantitative estimate of drug-likeness (QED) is 0.594. The number of aliphatic hydroxyl groups excluding tert-OH is 1.